The molecule has 0 aromatic rings. The predicted molar refractivity (Wildman–Crippen MR) is 11.2 cm³/mol. The second kappa shape index (κ2) is 4.74. The molecule has 0 rings (SSSR count). The molecular formula is H2FeO5P-3. The van der Waals surface area contributed by atoms with Crippen molar-refractivity contribution in [2.45, 2.75) is 0 Å². The van der Waals surface area contributed by atoms with Crippen LogP contribution in [-0.2, 0) is 21.6 Å². The van der Waals surface area contributed by atoms with E-state index in [1.165, 1.54) is 0 Å². The number of hydrogen-bond donors (Lipinski definition) is 0. The minimum atomic E-state index is -5.39. The summed E-state index contributed by atoms with van der Waals surface area (Å²) in [6.07, 6.45) is 0. The maximum atomic E-state index is 8.55. The Balaban J connectivity index is -0.0000000800. The van der Waals surface area contributed by atoms with E-state index in [1.807, 2.05) is 0 Å². The van der Waals surface area contributed by atoms with Gasteiger partial charge >= 0.3 is 0 Å². The summed E-state index contributed by atoms with van der Waals surface area (Å²) < 4.78 is 8.55. The Morgan fingerprint density at radius 3 is 1.14 bits per heavy atom. The molecule has 0 radical (unpaired) electrons. The van der Waals surface area contributed by atoms with Crippen molar-refractivity contribution in [1.29, 1.82) is 0 Å². The molecule has 0 heterocycles. The Bertz CT molecular complexity index is 54.2. The summed E-state index contributed by atoms with van der Waals surface area (Å²) in [5.41, 5.74) is 0. The monoisotopic (exact) mass is 169 g/mol. The Morgan fingerprint density at radius 2 is 1.14 bits per heavy atom. The zero-order valence-corrected chi connectivity index (χ0v) is 4.93. The van der Waals surface area contributed by atoms with E-state index in [0.717, 1.165) is 0 Å². The van der Waals surface area contributed by atoms with Crippen LogP contribution in [0.3, 0.4) is 0 Å². The molecule has 48 valence electrons. The zero-order chi connectivity index (χ0) is 4.50. The summed E-state index contributed by atoms with van der Waals surface area (Å²) in [5, 5.41) is 0. The fourth-order valence-electron chi connectivity index (χ4n) is 0. The van der Waals surface area contributed by atoms with Gasteiger partial charge in [0, 0.05) is 17.1 Å². The van der Waals surface area contributed by atoms with E-state index in [-0.39, 0.29) is 22.5 Å². The predicted octanol–water partition coefficient (Wildman–Crippen LogP) is -3.65. The van der Waals surface area contributed by atoms with Crippen LogP contribution in [0.4, 0.5) is 0 Å². The van der Waals surface area contributed by atoms with Crippen molar-refractivity contribution in [3.8, 4) is 0 Å². The largest absolute Gasteiger partial charge is 0.822 e. The third-order valence-corrected chi connectivity index (χ3v) is 0. The quantitative estimate of drug-likeness (QED) is 0.274. The van der Waals surface area contributed by atoms with Crippen molar-refractivity contribution < 1.29 is 41.8 Å². The van der Waals surface area contributed by atoms with E-state index in [4.69, 9.17) is 19.2 Å². The van der Waals surface area contributed by atoms with Crippen molar-refractivity contribution in [2.75, 3.05) is 0 Å². The molecule has 0 aliphatic rings. The molecule has 0 atom stereocenters. The van der Waals surface area contributed by atoms with Crippen molar-refractivity contribution >= 4 is 7.82 Å². The van der Waals surface area contributed by atoms with Crippen LogP contribution in [0.5, 0.6) is 0 Å². The fraction of sp³-hybridized carbons (Fsp3) is 0. The van der Waals surface area contributed by atoms with Crippen LogP contribution in [0.25, 0.3) is 0 Å². The molecule has 0 saturated heterocycles. The first kappa shape index (κ1) is 15.6. The molecule has 7 heavy (non-hydrogen) atoms. The maximum absolute atomic E-state index is 8.55. The first-order valence-electron chi connectivity index (χ1n) is 0.730. The molecule has 0 aromatic heterocycles. The van der Waals surface area contributed by atoms with Crippen molar-refractivity contribution in [1.82, 2.24) is 0 Å². The van der Waals surface area contributed by atoms with Gasteiger partial charge in [-0.05, 0) is 0 Å². The topological polar surface area (TPSA) is 118 Å². The third-order valence-electron chi connectivity index (χ3n) is 0. The van der Waals surface area contributed by atoms with Crippen molar-refractivity contribution in [3.63, 3.8) is 0 Å². The number of hydrogen-bond acceptors (Lipinski definition) is 4. The maximum Gasteiger partial charge on any atom is 0 e. The smallest absolute Gasteiger partial charge is 0 e. The molecule has 0 aromatic carbocycles. The van der Waals surface area contributed by atoms with Gasteiger partial charge in [-0.3, -0.25) is 0 Å². The second-order valence-corrected chi connectivity index (χ2v) is 1.34. The Labute approximate surface area is 50.4 Å². The van der Waals surface area contributed by atoms with Gasteiger partial charge in [0.25, 0.3) is 0 Å². The van der Waals surface area contributed by atoms with Crippen molar-refractivity contribution in [2.24, 2.45) is 0 Å². The van der Waals surface area contributed by atoms with E-state index in [1.54, 1.807) is 0 Å². The molecule has 0 aliphatic carbocycles. The molecule has 0 fully saturated rings. The van der Waals surface area contributed by atoms with Crippen LogP contribution in [0, 0.1) is 0 Å². The van der Waals surface area contributed by atoms with E-state index in [9.17, 15) is 0 Å². The Morgan fingerprint density at radius 1 is 1.14 bits per heavy atom. The standard InChI is InChI=1S/Fe.H3O4P.H2O/c;1-5(2,3)4;/h;(H3,1,2,3,4);1H2/p-3. The average molecular weight is 169 g/mol. The van der Waals surface area contributed by atoms with Gasteiger partial charge in [0.2, 0.25) is 0 Å². The van der Waals surface area contributed by atoms with E-state index < -0.39 is 7.82 Å². The van der Waals surface area contributed by atoms with Gasteiger partial charge < -0.3 is 24.7 Å². The molecule has 0 spiro atoms. The fourth-order valence-corrected chi connectivity index (χ4v) is 0. The van der Waals surface area contributed by atoms with Crippen LogP contribution >= 0.6 is 7.82 Å². The average Bonchev–Trinajstić information content (AvgIpc) is 0.722. The van der Waals surface area contributed by atoms with Gasteiger partial charge in [-0.1, -0.05) is 0 Å². The number of phosphoric acid groups is 1. The van der Waals surface area contributed by atoms with E-state index in [0.29, 0.717) is 0 Å². The SMILES string of the molecule is O.O=P([O-])([O-])[O-].[Fe]. The molecule has 5 nitrogen and oxygen atoms in total. The molecular weight excluding hydrogens is 167 g/mol. The van der Waals surface area contributed by atoms with Gasteiger partial charge in [0.05, 0.1) is 0 Å². The van der Waals surface area contributed by atoms with Gasteiger partial charge in [-0.25, -0.2) is 0 Å². The van der Waals surface area contributed by atoms with E-state index >= 15 is 0 Å². The second-order valence-electron chi connectivity index (χ2n) is 0.447. The summed E-state index contributed by atoms with van der Waals surface area (Å²) in [6, 6.07) is 0. The molecule has 2 N–H and O–H groups in total. The molecule has 0 bridgehead atoms. The van der Waals surface area contributed by atoms with Crippen LogP contribution in [0.2, 0.25) is 0 Å². The van der Waals surface area contributed by atoms with Gasteiger partial charge in [-0.15, -0.1) is 0 Å². The third kappa shape index (κ3) is 399. The van der Waals surface area contributed by atoms with Crippen LogP contribution < -0.4 is 14.7 Å². The Kier molecular flexibility index (Phi) is 10.6. The molecule has 0 amide bonds. The number of rotatable bonds is 0. The van der Waals surface area contributed by atoms with Gasteiger partial charge in [0.15, 0.2) is 0 Å². The van der Waals surface area contributed by atoms with Crippen molar-refractivity contribution in [3.05, 3.63) is 0 Å². The van der Waals surface area contributed by atoms with Crippen LogP contribution in [0.1, 0.15) is 0 Å². The van der Waals surface area contributed by atoms with Crippen LogP contribution in [-0.4, -0.2) is 5.48 Å². The summed E-state index contributed by atoms with van der Waals surface area (Å²) in [6.45, 7) is 0. The van der Waals surface area contributed by atoms with Gasteiger partial charge in [0.1, 0.15) is 0 Å². The minimum absolute atomic E-state index is 0. The first-order valence-corrected chi connectivity index (χ1v) is 2.19. The zero-order valence-electron chi connectivity index (χ0n) is 2.93. The Hall–Kier alpha value is 0.589. The normalized spacial score (nSPS) is 8.43. The first-order chi connectivity index (χ1) is 2.00. The van der Waals surface area contributed by atoms with E-state index in [2.05, 4.69) is 0 Å². The summed E-state index contributed by atoms with van der Waals surface area (Å²) >= 11 is 0. The van der Waals surface area contributed by atoms with Gasteiger partial charge in [-0.2, -0.15) is 7.82 Å². The van der Waals surface area contributed by atoms with Crippen LogP contribution in [0.15, 0.2) is 0 Å². The minimum Gasteiger partial charge on any atom is -0.822 e. The summed E-state index contributed by atoms with van der Waals surface area (Å²) in [7, 11) is -5.39. The molecule has 0 unspecified atom stereocenters. The summed E-state index contributed by atoms with van der Waals surface area (Å²) in [5.74, 6) is 0. The molecule has 0 aliphatic heterocycles. The molecule has 7 heteroatoms. The molecule has 0 saturated carbocycles. The summed E-state index contributed by atoms with van der Waals surface area (Å²) in [4.78, 5) is 25.6.